The second-order valence-corrected chi connectivity index (χ2v) is 6.77. The van der Waals surface area contributed by atoms with Crippen molar-refractivity contribution >= 4 is 16.6 Å². The predicted molar refractivity (Wildman–Crippen MR) is 101 cm³/mol. The zero-order chi connectivity index (χ0) is 18.7. The van der Waals surface area contributed by atoms with Crippen LogP contribution in [-0.2, 0) is 0 Å². The highest BCUT2D eigenvalue weighted by molar-refractivity contribution is 5.95. The van der Waals surface area contributed by atoms with E-state index in [0.29, 0.717) is 22.7 Å². The molecule has 4 N–H and O–H groups in total. The molecule has 1 atom stereocenters. The van der Waals surface area contributed by atoms with E-state index in [9.17, 15) is 15.0 Å². The van der Waals surface area contributed by atoms with Gasteiger partial charge in [0.05, 0.1) is 17.8 Å². The van der Waals surface area contributed by atoms with Crippen molar-refractivity contribution in [2.75, 3.05) is 31.2 Å². The minimum atomic E-state index is -0.983. The first-order valence-corrected chi connectivity index (χ1v) is 8.90. The average Bonchev–Trinajstić information content (AvgIpc) is 2.67. The van der Waals surface area contributed by atoms with Gasteiger partial charge >= 0.3 is 0 Å². The number of terminal acetylenes is 1. The second-order valence-electron chi connectivity index (χ2n) is 6.77. The van der Waals surface area contributed by atoms with Gasteiger partial charge < -0.3 is 25.2 Å². The molecule has 6 nitrogen and oxygen atoms in total. The lowest BCUT2D eigenvalue weighted by molar-refractivity contribution is 0.0957. The normalized spacial score (nSPS) is 16.6. The zero-order valence-corrected chi connectivity index (χ0v) is 14.6. The fourth-order valence-corrected chi connectivity index (χ4v) is 3.70. The number of hydrogen-bond acceptors (Lipinski definition) is 5. The van der Waals surface area contributed by atoms with Gasteiger partial charge in [-0.3, -0.25) is 4.79 Å². The Hall–Kier alpha value is -2.33. The van der Waals surface area contributed by atoms with Crippen molar-refractivity contribution in [2.45, 2.75) is 25.4 Å². The first-order valence-electron chi connectivity index (χ1n) is 8.90. The Kier molecular flexibility index (Phi) is 5.62. The third-order valence-corrected chi connectivity index (χ3v) is 5.18. The Balaban J connectivity index is 2.09. The van der Waals surface area contributed by atoms with Gasteiger partial charge in [-0.2, -0.15) is 0 Å². The molecule has 138 valence electrons. The van der Waals surface area contributed by atoms with Crippen LogP contribution in [0.5, 0.6) is 0 Å². The molecule has 1 fully saturated rings. The van der Waals surface area contributed by atoms with Gasteiger partial charge in [-0.25, -0.2) is 0 Å². The van der Waals surface area contributed by atoms with E-state index < -0.39 is 6.10 Å². The summed E-state index contributed by atoms with van der Waals surface area (Å²) in [6.07, 6.45) is 7.29. The Morgan fingerprint density at radius 3 is 2.65 bits per heavy atom. The van der Waals surface area contributed by atoms with Crippen LogP contribution in [0.25, 0.3) is 10.9 Å². The molecule has 1 aliphatic heterocycles. The molecule has 0 amide bonds. The summed E-state index contributed by atoms with van der Waals surface area (Å²) < 4.78 is 0. The molecule has 0 saturated carbocycles. The smallest absolute Gasteiger partial charge is 0.266 e. The summed E-state index contributed by atoms with van der Waals surface area (Å²) in [5.41, 5.74) is 1.92. The maximum Gasteiger partial charge on any atom is 0.266 e. The topological polar surface area (TPSA) is 96.8 Å². The molecule has 0 spiro atoms. The standard InChI is InChI=1S/C20H24N2O4/c1-2-15-19(22-8-5-13(6-9-22)7-10-23)16-11-14(18(25)12-24)3-4-17(16)21-20(15)26/h1,3-4,11,13,18,23-25H,5-10,12H2,(H,21,26). The minimum absolute atomic E-state index is 0.191. The molecular weight excluding hydrogens is 332 g/mol. The van der Waals surface area contributed by atoms with E-state index in [2.05, 4.69) is 15.8 Å². The number of benzene rings is 1. The lowest BCUT2D eigenvalue weighted by Gasteiger charge is -2.34. The number of rotatable bonds is 5. The van der Waals surface area contributed by atoms with Crippen molar-refractivity contribution in [1.82, 2.24) is 4.98 Å². The highest BCUT2D eigenvalue weighted by Gasteiger charge is 2.24. The van der Waals surface area contributed by atoms with Crippen molar-refractivity contribution < 1.29 is 15.3 Å². The number of nitrogens with zero attached hydrogens (tertiary/aromatic N) is 1. The maximum atomic E-state index is 12.4. The number of anilines is 1. The first-order chi connectivity index (χ1) is 12.6. The van der Waals surface area contributed by atoms with Crippen molar-refractivity contribution in [3.63, 3.8) is 0 Å². The highest BCUT2D eigenvalue weighted by atomic mass is 16.3. The monoisotopic (exact) mass is 356 g/mol. The zero-order valence-electron chi connectivity index (χ0n) is 14.6. The third kappa shape index (κ3) is 3.47. The Labute approximate surface area is 152 Å². The van der Waals surface area contributed by atoms with E-state index in [4.69, 9.17) is 11.5 Å². The molecular formula is C20H24N2O4. The summed E-state index contributed by atoms with van der Waals surface area (Å²) in [6.45, 7) is 1.32. The number of aromatic nitrogens is 1. The lowest BCUT2D eigenvalue weighted by Crippen LogP contribution is -2.35. The average molecular weight is 356 g/mol. The number of hydrogen-bond donors (Lipinski definition) is 4. The van der Waals surface area contributed by atoms with Crippen LogP contribution in [0.2, 0.25) is 0 Å². The largest absolute Gasteiger partial charge is 0.396 e. The van der Waals surface area contributed by atoms with E-state index in [-0.39, 0.29) is 24.3 Å². The summed E-state index contributed by atoms with van der Waals surface area (Å²) in [5, 5.41) is 29.1. The third-order valence-electron chi connectivity index (χ3n) is 5.18. The number of aliphatic hydroxyl groups is 3. The van der Waals surface area contributed by atoms with Gasteiger partial charge in [0, 0.05) is 25.1 Å². The van der Waals surface area contributed by atoms with Crippen LogP contribution >= 0.6 is 0 Å². The molecule has 0 radical (unpaired) electrons. The first kappa shape index (κ1) is 18.5. The molecule has 1 saturated heterocycles. The van der Waals surface area contributed by atoms with Crippen LogP contribution in [0.4, 0.5) is 5.69 Å². The molecule has 1 aromatic heterocycles. The van der Waals surface area contributed by atoms with Gasteiger partial charge in [-0.15, -0.1) is 6.42 Å². The van der Waals surface area contributed by atoms with Crippen LogP contribution < -0.4 is 10.5 Å². The molecule has 0 aliphatic carbocycles. The number of nitrogens with one attached hydrogen (secondary N) is 1. The molecule has 2 aromatic rings. The van der Waals surface area contributed by atoms with E-state index in [1.165, 1.54) is 0 Å². The van der Waals surface area contributed by atoms with Crippen molar-refractivity contribution in [1.29, 1.82) is 0 Å². The van der Waals surface area contributed by atoms with Gasteiger partial charge in [0.25, 0.3) is 5.56 Å². The SMILES string of the molecule is C#Cc1c(N2CCC(CCO)CC2)c2cc(C(O)CO)ccc2[nH]c1=O. The lowest BCUT2D eigenvalue weighted by atomic mass is 9.92. The number of aliphatic hydroxyl groups excluding tert-OH is 3. The second kappa shape index (κ2) is 7.92. The van der Waals surface area contributed by atoms with Crippen LogP contribution in [0.15, 0.2) is 23.0 Å². The number of piperidine rings is 1. The highest BCUT2D eigenvalue weighted by Crippen LogP contribution is 2.33. The Morgan fingerprint density at radius 2 is 2.04 bits per heavy atom. The van der Waals surface area contributed by atoms with Crippen LogP contribution in [0, 0.1) is 18.3 Å². The molecule has 1 aliphatic rings. The Bertz CT molecular complexity index is 876. The van der Waals surface area contributed by atoms with Crippen molar-refractivity contribution in [3.05, 3.63) is 39.7 Å². The van der Waals surface area contributed by atoms with Crippen LogP contribution in [-0.4, -0.2) is 46.6 Å². The predicted octanol–water partition coefficient (Wildman–Crippen LogP) is 1.13. The maximum absolute atomic E-state index is 12.4. The number of fused-ring (bicyclic) bond motifs is 1. The fourth-order valence-electron chi connectivity index (χ4n) is 3.70. The van der Waals surface area contributed by atoms with Gasteiger partial charge in [0.1, 0.15) is 11.7 Å². The quantitative estimate of drug-likeness (QED) is 0.603. The number of H-pyrrole nitrogens is 1. The summed E-state index contributed by atoms with van der Waals surface area (Å²) >= 11 is 0. The summed E-state index contributed by atoms with van der Waals surface area (Å²) in [5.74, 6) is 2.99. The molecule has 3 rings (SSSR count). The van der Waals surface area contributed by atoms with Gasteiger partial charge in [0.2, 0.25) is 0 Å². The summed E-state index contributed by atoms with van der Waals surface area (Å²) in [4.78, 5) is 17.3. The molecule has 1 unspecified atom stereocenters. The molecule has 6 heteroatoms. The fraction of sp³-hybridized carbons (Fsp3) is 0.450. The van der Waals surface area contributed by atoms with Crippen LogP contribution in [0.1, 0.15) is 36.5 Å². The van der Waals surface area contributed by atoms with Gasteiger partial charge in [-0.05, 0) is 42.9 Å². The van der Waals surface area contributed by atoms with Crippen molar-refractivity contribution in [3.8, 4) is 12.3 Å². The van der Waals surface area contributed by atoms with Gasteiger partial charge in [-0.1, -0.05) is 12.0 Å². The molecule has 1 aromatic carbocycles. The molecule has 26 heavy (non-hydrogen) atoms. The van der Waals surface area contributed by atoms with Gasteiger partial charge in [0.15, 0.2) is 0 Å². The van der Waals surface area contributed by atoms with E-state index in [1.54, 1.807) is 18.2 Å². The number of aromatic amines is 1. The summed E-state index contributed by atoms with van der Waals surface area (Å²) in [7, 11) is 0. The van der Waals surface area contributed by atoms with E-state index >= 15 is 0 Å². The Morgan fingerprint density at radius 1 is 1.31 bits per heavy atom. The van der Waals surface area contributed by atoms with Crippen molar-refractivity contribution in [2.24, 2.45) is 5.92 Å². The summed E-state index contributed by atoms with van der Waals surface area (Å²) in [6, 6.07) is 5.20. The van der Waals surface area contributed by atoms with E-state index in [1.807, 2.05) is 0 Å². The molecule has 0 bridgehead atoms. The van der Waals surface area contributed by atoms with Crippen LogP contribution in [0.3, 0.4) is 0 Å². The molecule has 2 heterocycles. The number of pyridine rings is 1. The minimum Gasteiger partial charge on any atom is -0.396 e. The van der Waals surface area contributed by atoms with E-state index in [0.717, 1.165) is 37.7 Å².